The van der Waals surface area contributed by atoms with Crippen LogP contribution in [-0.4, -0.2) is 59.8 Å². The molecule has 3 rings (SSSR count). The summed E-state index contributed by atoms with van der Waals surface area (Å²) in [6.07, 6.45) is 1.54. The van der Waals surface area contributed by atoms with Gasteiger partial charge in [-0.05, 0) is 19.4 Å². The molecule has 1 saturated heterocycles. The lowest BCUT2D eigenvalue weighted by atomic mass is 10.2. The van der Waals surface area contributed by atoms with Crippen LogP contribution >= 0.6 is 11.3 Å². The van der Waals surface area contributed by atoms with Gasteiger partial charge in [-0.1, -0.05) is 0 Å². The molecule has 8 heteroatoms. The summed E-state index contributed by atoms with van der Waals surface area (Å²) in [5.74, 6) is -0.133. The average Bonchev–Trinajstić information content (AvgIpc) is 2.94. The smallest absolute Gasteiger partial charge is 0.262 e. The van der Waals surface area contributed by atoms with Crippen LogP contribution in [-0.2, 0) is 11.3 Å². The number of morpholine rings is 1. The van der Waals surface area contributed by atoms with Crippen LogP contribution in [0.5, 0.6) is 0 Å². The van der Waals surface area contributed by atoms with E-state index in [1.165, 1.54) is 11.3 Å². The molecule has 1 aliphatic rings. The Bertz CT molecular complexity index is 792. The van der Waals surface area contributed by atoms with Crippen LogP contribution < -0.4 is 10.9 Å². The van der Waals surface area contributed by atoms with Gasteiger partial charge in [0.2, 0.25) is 0 Å². The normalized spacial score (nSPS) is 15.8. The van der Waals surface area contributed by atoms with Gasteiger partial charge in [-0.2, -0.15) is 0 Å². The van der Waals surface area contributed by atoms with Gasteiger partial charge in [0.1, 0.15) is 4.83 Å². The SMILES string of the molecule is CCn1cnc2sc(C(=O)NCCN3CCOCC3)c(C)c2c1=O. The van der Waals surface area contributed by atoms with E-state index in [2.05, 4.69) is 15.2 Å². The van der Waals surface area contributed by atoms with E-state index in [1.54, 1.807) is 10.9 Å². The van der Waals surface area contributed by atoms with Crippen LogP contribution in [0, 0.1) is 6.92 Å². The van der Waals surface area contributed by atoms with Crippen molar-refractivity contribution in [1.82, 2.24) is 19.8 Å². The van der Waals surface area contributed by atoms with E-state index in [-0.39, 0.29) is 11.5 Å². The number of thiophene rings is 1. The molecule has 0 saturated carbocycles. The third-order valence-corrected chi connectivity index (χ3v) is 5.48. The van der Waals surface area contributed by atoms with Gasteiger partial charge in [-0.25, -0.2) is 4.98 Å². The number of carbonyl (C=O) groups excluding carboxylic acids is 1. The molecule has 0 spiro atoms. The molecule has 1 amide bonds. The second-order valence-corrected chi connectivity index (χ2v) is 6.78. The molecule has 2 aromatic rings. The number of aromatic nitrogens is 2. The van der Waals surface area contributed by atoms with Crippen LogP contribution in [0.15, 0.2) is 11.1 Å². The lowest BCUT2D eigenvalue weighted by Gasteiger charge is -2.26. The zero-order valence-corrected chi connectivity index (χ0v) is 14.8. The first kappa shape index (κ1) is 17.1. The topological polar surface area (TPSA) is 76.5 Å². The summed E-state index contributed by atoms with van der Waals surface area (Å²) in [6.45, 7) is 8.97. The van der Waals surface area contributed by atoms with Crippen LogP contribution in [0.25, 0.3) is 10.2 Å². The molecule has 24 heavy (non-hydrogen) atoms. The van der Waals surface area contributed by atoms with Crippen molar-refractivity contribution in [3.63, 3.8) is 0 Å². The van der Waals surface area contributed by atoms with Gasteiger partial charge in [0.05, 0.1) is 29.8 Å². The Morgan fingerprint density at radius 3 is 2.88 bits per heavy atom. The van der Waals surface area contributed by atoms with E-state index in [0.717, 1.165) is 38.4 Å². The van der Waals surface area contributed by atoms with Crippen LogP contribution in [0.2, 0.25) is 0 Å². The lowest BCUT2D eigenvalue weighted by molar-refractivity contribution is 0.0383. The van der Waals surface area contributed by atoms with Gasteiger partial charge < -0.3 is 10.1 Å². The number of ether oxygens (including phenoxy) is 1. The molecule has 1 N–H and O–H groups in total. The summed E-state index contributed by atoms with van der Waals surface area (Å²) in [5, 5.41) is 3.51. The first-order valence-corrected chi connectivity index (χ1v) is 9.00. The lowest BCUT2D eigenvalue weighted by Crippen LogP contribution is -2.41. The van der Waals surface area contributed by atoms with Crippen LogP contribution in [0.4, 0.5) is 0 Å². The first-order chi connectivity index (χ1) is 11.6. The maximum atomic E-state index is 12.5. The maximum Gasteiger partial charge on any atom is 0.262 e. The highest BCUT2D eigenvalue weighted by atomic mass is 32.1. The van der Waals surface area contributed by atoms with E-state index in [0.29, 0.717) is 28.2 Å². The van der Waals surface area contributed by atoms with Crippen molar-refractivity contribution in [3.05, 3.63) is 27.1 Å². The Kier molecular flexibility index (Phi) is 5.27. The number of nitrogens with one attached hydrogen (secondary N) is 1. The maximum absolute atomic E-state index is 12.5. The van der Waals surface area contributed by atoms with Crippen molar-refractivity contribution in [1.29, 1.82) is 0 Å². The molecule has 7 nitrogen and oxygen atoms in total. The molecule has 0 unspecified atom stereocenters. The molecule has 0 aliphatic carbocycles. The second-order valence-electron chi connectivity index (χ2n) is 5.78. The fourth-order valence-electron chi connectivity index (χ4n) is 2.83. The zero-order valence-electron chi connectivity index (χ0n) is 14.0. The van der Waals surface area contributed by atoms with Crippen LogP contribution in [0.3, 0.4) is 0 Å². The molecule has 0 atom stereocenters. The summed E-state index contributed by atoms with van der Waals surface area (Å²) < 4.78 is 6.87. The van der Waals surface area contributed by atoms with Crippen molar-refractivity contribution in [2.75, 3.05) is 39.4 Å². The number of amides is 1. The van der Waals surface area contributed by atoms with E-state index >= 15 is 0 Å². The van der Waals surface area contributed by atoms with Gasteiger partial charge in [-0.3, -0.25) is 19.1 Å². The quantitative estimate of drug-likeness (QED) is 0.865. The van der Waals surface area contributed by atoms with Crippen molar-refractivity contribution < 1.29 is 9.53 Å². The minimum Gasteiger partial charge on any atom is -0.379 e. The fourth-order valence-corrected chi connectivity index (χ4v) is 3.89. The Morgan fingerprint density at radius 2 is 2.17 bits per heavy atom. The monoisotopic (exact) mass is 350 g/mol. The van der Waals surface area contributed by atoms with Gasteiger partial charge in [0.25, 0.3) is 11.5 Å². The van der Waals surface area contributed by atoms with E-state index < -0.39 is 0 Å². The number of rotatable bonds is 5. The summed E-state index contributed by atoms with van der Waals surface area (Å²) >= 11 is 1.28. The summed E-state index contributed by atoms with van der Waals surface area (Å²) in [7, 11) is 0. The molecule has 2 aromatic heterocycles. The highest BCUT2D eigenvalue weighted by Gasteiger charge is 2.19. The van der Waals surface area contributed by atoms with Crippen molar-refractivity contribution in [2.24, 2.45) is 0 Å². The molecule has 1 aliphatic heterocycles. The number of nitrogens with zero attached hydrogens (tertiary/aromatic N) is 3. The zero-order chi connectivity index (χ0) is 17.1. The highest BCUT2D eigenvalue weighted by molar-refractivity contribution is 7.20. The van der Waals surface area contributed by atoms with Gasteiger partial charge >= 0.3 is 0 Å². The minimum absolute atomic E-state index is 0.0800. The molecular weight excluding hydrogens is 328 g/mol. The van der Waals surface area contributed by atoms with Gasteiger partial charge in [-0.15, -0.1) is 11.3 Å². The summed E-state index contributed by atoms with van der Waals surface area (Å²) in [6, 6.07) is 0. The Balaban J connectivity index is 1.71. The van der Waals surface area contributed by atoms with Crippen molar-refractivity contribution >= 4 is 27.5 Å². The van der Waals surface area contributed by atoms with E-state index in [1.807, 2.05) is 13.8 Å². The number of carbonyl (C=O) groups is 1. The summed E-state index contributed by atoms with van der Waals surface area (Å²) in [4.78, 5) is 32.7. The molecular formula is C16H22N4O3S. The van der Waals surface area contributed by atoms with E-state index in [4.69, 9.17) is 4.74 Å². The van der Waals surface area contributed by atoms with Crippen molar-refractivity contribution in [2.45, 2.75) is 20.4 Å². The number of aryl methyl sites for hydroxylation is 2. The largest absolute Gasteiger partial charge is 0.379 e. The van der Waals surface area contributed by atoms with Crippen molar-refractivity contribution in [3.8, 4) is 0 Å². The standard InChI is InChI=1S/C16H22N4O3S/c1-3-20-10-18-15-12(16(20)22)11(2)13(24-15)14(21)17-4-5-19-6-8-23-9-7-19/h10H,3-9H2,1-2H3,(H,17,21). The Labute approximate surface area is 144 Å². The second kappa shape index (κ2) is 7.42. The van der Waals surface area contributed by atoms with Crippen LogP contribution in [0.1, 0.15) is 22.2 Å². The predicted octanol–water partition coefficient (Wildman–Crippen LogP) is 0.848. The predicted molar refractivity (Wildman–Crippen MR) is 93.9 cm³/mol. The minimum atomic E-state index is -0.133. The molecule has 0 aromatic carbocycles. The molecule has 0 radical (unpaired) electrons. The molecule has 0 bridgehead atoms. The number of fused-ring (bicyclic) bond motifs is 1. The third kappa shape index (κ3) is 3.35. The first-order valence-electron chi connectivity index (χ1n) is 8.18. The van der Waals surface area contributed by atoms with E-state index in [9.17, 15) is 9.59 Å². The summed E-state index contributed by atoms with van der Waals surface area (Å²) in [5.41, 5.74) is 0.641. The highest BCUT2D eigenvalue weighted by Crippen LogP contribution is 2.26. The molecule has 3 heterocycles. The van der Waals surface area contributed by atoms with Gasteiger partial charge in [0, 0.05) is 32.7 Å². The Hall–Kier alpha value is -1.77. The average molecular weight is 350 g/mol. The fraction of sp³-hybridized carbons (Fsp3) is 0.562. The number of hydrogen-bond donors (Lipinski definition) is 1. The third-order valence-electron chi connectivity index (χ3n) is 4.28. The molecule has 1 fully saturated rings. The van der Waals surface area contributed by atoms with Gasteiger partial charge in [0.15, 0.2) is 0 Å². The number of hydrogen-bond acceptors (Lipinski definition) is 6. The Morgan fingerprint density at radius 1 is 1.42 bits per heavy atom. The molecule has 130 valence electrons.